The van der Waals surface area contributed by atoms with Crippen LogP contribution in [0.2, 0.25) is 0 Å². The van der Waals surface area contributed by atoms with Crippen molar-refractivity contribution in [3.8, 4) is 0 Å². The van der Waals surface area contributed by atoms with E-state index in [9.17, 15) is 14.7 Å². The number of aliphatic carboxylic acids is 1. The fourth-order valence-electron chi connectivity index (χ4n) is 3.05. The van der Waals surface area contributed by atoms with Crippen LogP contribution in [0.25, 0.3) is 0 Å². The van der Waals surface area contributed by atoms with E-state index in [2.05, 4.69) is 12.2 Å². The summed E-state index contributed by atoms with van der Waals surface area (Å²) in [5, 5.41) is 12.6. The Kier molecular flexibility index (Phi) is 3.61. The van der Waals surface area contributed by atoms with Crippen LogP contribution in [0.4, 0.5) is 0 Å². The zero-order chi connectivity index (χ0) is 13.3. The van der Waals surface area contributed by atoms with Gasteiger partial charge in [0.25, 0.3) is 0 Å². The van der Waals surface area contributed by atoms with Crippen molar-refractivity contribution < 1.29 is 14.7 Å². The minimum atomic E-state index is -0.766. The second-order valence-corrected chi connectivity index (χ2v) is 5.69. The molecule has 5 heteroatoms. The van der Waals surface area contributed by atoms with Gasteiger partial charge in [-0.1, -0.05) is 13.8 Å². The Morgan fingerprint density at radius 1 is 1.44 bits per heavy atom. The third-order valence-electron chi connectivity index (χ3n) is 4.63. The monoisotopic (exact) mass is 254 g/mol. The molecule has 0 spiro atoms. The molecule has 2 aliphatic heterocycles. The maximum atomic E-state index is 12.4. The molecule has 1 amide bonds. The molecule has 5 nitrogen and oxygen atoms in total. The fourth-order valence-corrected chi connectivity index (χ4v) is 3.05. The molecule has 2 heterocycles. The number of rotatable bonds is 3. The lowest BCUT2D eigenvalue weighted by molar-refractivity contribution is -0.149. The van der Waals surface area contributed by atoms with E-state index in [4.69, 9.17) is 0 Å². The third kappa shape index (κ3) is 2.11. The zero-order valence-corrected chi connectivity index (χ0v) is 11.1. The molecule has 0 bridgehead atoms. The van der Waals surface area contributed by atoms with Gasteiger partial charge in [0.15, 0.2) is 0 Å². The summed E-state index contributed by atoms with van der Waals surface area (Å²) in [7, 11) is 0. The summed E-state index contributed by atoms with van der Waals surface area (Å²) < 4.78 is 0. The second kappa shape index (κ2) is 4.88. The van der Waals surface area contributed by atoms with E-state index in [1.807, 2.05) is 6.92 Å². The van der Waals surface area contributed by atoms with Gasteiger partial charge in [-0.05, 0) is 25.3 Å². The smallest absolute Gasteiger partial charge is 0.311 e. The Bertz CT molecular complexity index is 358. The Labute approximate surface area is 108 Å². The number of likely N-dealkylation sites (tertiary alicyclic amines) is 1. The Balaban J connectivity index is 2.04. The molecule has 0 saturated carbocycles. The number of carboxylic acid groups (broad SMARTS) is 1. The largest absolute Gasteiger partial charge is 0.481 e. The molecule has 0 aromatic rings. The lowest BCUT2D eigenvalue weighted by Crippen LogP contribution is -2.40. The lowest BCUT2D eigenvalue weighted by Gasteiger charge is -2.25. The molecule has 2 saturated heterocycles. The van der Waals surface area contributed by atoms with Crippen molar-refractivity contribution in [1.29, 1.82) is 0 Å². The average molecular weight is 254 g/mol. The van der Waals surface area contributed by atoms with Crippen LogP contribution in [-0.4, -0.2) is 48.1 Å². The van der Waals surface area contributed by atoms with Crippen LogP contribution in [0.1, 0.15) is 26.7 Å². The average Bonchev–Trinajstić information content (AvgIpc) is 2.95. The van der Waals surface area contributed by atoms with E-state index < -0.39 is 11.4 Å². The predicted octanol–water partition coefficient (Wildman–Crippen LogP) is 0.555. The number of hydrogen-bond acceptors (Lipinski definition) is 3. The maximum absolute atomic E-state index is 12.4. The highest BCUT2D eigenvalue weighted by atomic mass is 16.4. The highest BCUT2D eigenvalue weighted by Gasteiger charge is 2.46. The molecule has 102 valence electrons. The maximum Gasteiger partial charge on any atom is 0.311 e. The number of carbonyl (C=O) groups is 2. The molecule has 0 aromatic carbocycles. The van der Waals surface area contributed by atoms with Crippen LogP contribution < -0.4 is 5.32 Å². The molecule has 3 unspecified atom stereocenters. The number of nitrogens with one attached hydrogen (secondary N) is 1. The Hall–Kier alpha value is -1.10. The predicted molar refractivity (Wildman–Crippen MR) is 67.1 cm³/mol. The lowest BCUT2D eigenvalue weighted by atomic mass is 9.84. The van der Waals surface area contributed by atoms with Gasteiger partial charge in [-0.25, -0.2) is 0 Å². The number of carbonyl (C=O) groups excluding carboxylic acids is 1. The molecule has 18 heavy (non-hydrogen) atoms. The van der Waals surface area contributed by atoms with Gasteiger partial charge in [0, 0.05) is 19.6 Å². The van der Waals surface area contributed by atoms with Crippen molar-refractivity contribution in [2.75, 3.05) is 26.2 Å². The van der Waals surface area contributed by atoms with E-state index in [1.54, 1.807) is 4.90 Å². The highest BCUT2D eigenvalue weighted by Crippen LogP contribution is 2.35. The molecule has 2 fully saturated rings. The van der Waals surface area contributed by atoms with Crippen molar-refractivity contribution in [3.05, 3.63) is 0 Å². The van der Waals surface area contributed by atoms with Crippen LogP contribution in [0.5, 0.6) is 0 Å². The zero-order valence-electron chi connectivity index (χ0n) is 11.1. The van der Waals surface area contributed by atoms with Crippen LogP contribution in [-0.2, 0) is 9.59 Å². The first-order valence-corrected chi connectivity index (χ1v) is 6.73. The third-order valence-corrected chi connectivity index (χ3v) is 4.63. The van der Waals surface area contributed by atoms with Gasteiger partial charge in [-0.3, -0.25) is 9.59 Å². The van der Waals surface area contributed by atoms with E-state index in [1.165, 1.54) is 0 Å². The van der Waals surface area contributed by atoms with Crippen LogP contribution in [0, 0.1) is 17.3 Å². The fraction of sp³-hybridized carbons (Fsp3) is 0.846. The Morgan fingerprint density at radius 3 is 2.61 bits per heavy atom. The normalized spacial score (nSPS) is 36.0. The number of carboxylic acids is 1. The molecular formula is C13H22N2O3. The van der Waals surface area contributed by atoms with Crippen molar-refractivity contribution >= 4 is 11.9 Å². The van der Waals surface area contributed by atoms with Crippen molar-refractivity contribution in [3.63, 3.8) is 0 Å². The standard InChI is InChI=1S/C13H22N2O3/c1-3-13(12(17)18)4-5-15(8-13)11(16)10-7-14-6-9(10)2/h9-10,14H,3-8H2,1-2H3,(H,17,18). The summed E-state index contributed by atoms with van der Waals surface area (Å²) in [6, 6.07) is 0. The first kappa shape index (κ1) is 13.3. The van der Waals surface area contributed by atoms with Gasteiger partial charge in [0.2, 0.25) is 5.91 Å². The minimum absolute atomic E-state index is 0.0199. The van der Waals surface area contributed by atoms with E-state index in [-0.39, 0.29) is 11.8 Å². The van der Waals surface area contributed by atoms with E-state index in [0.717, 1.165) is 13.1 Å². The van der Waals surface area contributed by atoms with Gasteiger partial charge in [0.05, 0.1) is 11.3 Å². The topological polar surface area (TPSA) is 69.6 Å². The molecule has 2 rings (SSSR count). The quantitative estimate of drug-likeness (QED) is 0.772. The summed E-state index contributed by atoms with van der Waals surface area (Å²) >= 11 is 0. The van der Waals surface area contributed by atoms with Gasteiger partial charge in [0.1, 0.15) is 0 Å². The van der Waals surface area contributed by atoms with Crippen molar-refractivity contribution in [1.82, 2.24) is 10.2 Å². The van der Waals surface area contributed by atoms with Gasteiger partial charge < -0.3 is 15.3 Å². The van der Waals surface area contributed by atoms with Gasteiger partial charge in [-0.15, -0.1) is 0 Å². The highest BCUT2D eigenvalue weighted by molar-refractivity contribution is 5.82. The van der Waals surface area contributed by atoms with Gasteiger partial charge in [-0.2, -0.15) is 0 Å². The summed E-state index contributed by atoms with van der Waals surface area (Å²) in [5.41, 5.74) is -0.717. The van der Waals surface area contributed by atoms with Crippen LogP contribution in [0.15, 0.2) is 0 Å². The van der Waals surface area contributed by atoms with Crippen LogP contribution >= 0.6 is 0 Å². The van der Waals surface area contributed by atoms with E-state index >= 15 is 0 Å². The Morgan fingerprint density at radius 2 is 2.17 bits per heavy atom. The van der Waals surface area contributed by atoms with Gasteiger partial charge >= 0.3 is 5.97 Å². The van der Waals surface area contributed by atoms with Crippen molar-refractivity contribution in [2.45, 2.75) is 26.7 Å². The van der Waals surface area contributed by atoms with Crippen molar-refractivity contribution in [2.24, 2.45) is 17.3 Å². The summed E-state index contributed by atoms with van der Waals surface area (Å²) in [4.78, 5) is 25.5. The molecule has 0 aliphatic carbocycles. The first-order valence-electron chi connectivity index (χ1n) is 6.73. The van der Waals surface area contributed by atoms with E-state index in [0.29, 0.717) is 31.8 Å². The number of hydrogen-bond donors (Lipinski definition) is 2. The molecule has 3 atom stereocenters. The molecule has 0 aromatic heterocycles. The molecule has 0 radical (unpaired) electrons. The summed E-state index contributed by atoms with van der Waals surface area (Å²) in [5.74, 6) is -0.271. The molecule has 2 aliphatic rings. The minimum Gasteiger partial charge on any atom is -0.481 e. The number of amides is 1. The number of nitrogens with zero attached hydrogens (tertiary/aromatic N) is 1. The SMILES string of the molecule is CCC1(C(=O)O)CCN(C(=O)C2CNCC2C)C1. The summed E-state index contributed by atoms with van der Waals surface area (Å²) in [6.07, 6.45) is 1.17. The molecule has 2 N–H and O–H groups in total. The first-order chi connectivity index (χ1) is 8.50. The summed E-state index contributed by atoms with van der Waals surface area (Å²) in [6.45, 7) is 6.53. The molecular weight excluding hydrogens is 232 g/mol. The second-order valence-electron chi connectivity index (χ2n) is 5.69. The van der Waals surface area contributed by atoms with Crippen LogP contribution in [0.3, 0.4) is 0 Å².